The Bertz CT molecular complexity index is 796. The Balaban J connectivity index is 1.57. The van der Waals surface area contributed by atoms with Crippen molar-refractivity contribution in [2.24, 2.45) is 7.05 Å². The molecule has 0 aliphatic carbocycles. The highest BCUT2D eigenvalue weighted by molar-refractivity contribution is 6.32. The van der Waals surface area contributed by atoms with Crippen LogP contribution in [0.4, 0.5) is 0 Å². The normalized spacial score (nSPS) is 17.0. The Morgan fingerprint density at radius 3 is 2.96 bits per heavy atom. The van der Waals surface area contributed by atoms with E-state index in [4.69, 9.17) is 25.8 Å². The molecule has 1 aliphatic rings. The Kier molecular flexibility index (Phi) is 7.30. The number of rotatable bonds is 8. The van der Waals surface area contributed by atoms with E-state index < -0.39 is 0 Å². The number of aryl methyl sites for hydroxylation is 1. The molecule has 3 rings (SSSR count). The van der Waals surface area contributed by atoms with Gasteiger partial charge in [0.15, 0.2) is 0 Å². The summed E-state index contributed by atoms with van der Waals surface area (Å²) in [6.45, 7) is 2.54. The van der Waals surface area contributed by atoms with Gasteiger partial charge in [-0.3, -0.25) is 9.48 Å². The molecule has 2 aromatic rings. The number of carbonyl (C=O) groups excluding carboxylic acids is 1. The number of ether oxygens (including phenoxy) is 3. The lowest BCUT2D eigenvalue weighted by Gasteiger charge is -2.32. The molecule has 0 spiro atoms. The summed E-state index contributed by atoms with van der Waals surface area (Å²) in [5.41, 5.74) is 1.87. The molecule has 0 saturated carbocycles. The van der Waals surface area contributed by atoms with E-state index in [1.54, 1.807) is 13.2 Å². The number of halogens is 1. The number of carbonyl (C=O) groups is 1. The highest BCUT2D eigenvalue weighted by atomic mass is 35.5. The molecule has 1 aliphatic heterocycles. The average molecular weight is 408 g/mol. The molecule has 1 aromatic heterocycles. The van der Waals surface area contributed by atoms with Crippen LogP contribution < -0.4 is 4.74 Å². The summed E-state index contributed by atoms with van der Waals surface area (Å²) in [7, 11) is 3.50. The first kappa shape index (κ1) is 20.6. The van der Waals surface area contributed by atoms with Crippen LogP contribution in [0, 0.1) is 0 Å². The molecule has 7 nitrogen and oxygen atoms in total. The number of hydrogen-bond acceptors (Lipinski definition) is 5. The van der Waals surface area contributed by atoms with Crippen LogP contribution >= 0.6 is 11.6 Å². The Labute approximate surface area is 170 Å². The number of morpholine rings is 1. The second-order valence-corrected chi connectivity index (χ2v) is 7.06. The van der Waals surface area contributed by atoms with Crippen molar-refractivity contribution in [3.05, 3.63) is 46.7 Å². The van der Waals surface area contributed by atoms with Crippen LogP contribution in [0.3, 0.4) is 0 Å². The SMILES string of the molecule is COCCC(=O)N1CCO[C@H](c2cc(CCOc3ccccc3Cl)n(C)n2)C1. The van der Waals surface area contributed by atoms with Crippen LogP contribution in [0.5, 0.6) is 5.75 Å². The second kappa shape index (κ2) is 9.91. The first-order chi connectivity index (χ1) is 13.6. The lowest BCUT2D eigenvalue weighted by molar-refractivity contribution is -0.140. The predicted molar refractivity (Wildman–Crippen MR) is 106 cm³/mol. The molecule has 0 N–H and O–H groups in total. The zero-order valence-electron chi connectivity index (χ0n) is 16.3. The molecule has 1 fully saturated rings. The average Bonchev–Trinajstić information content (AvgIpc) is 3.08. The van der Waals surface area contributed by atoms with Gasteiger partial charge in [-0.25, -0.2) is 0 Å². The zero-order chi connectivity index (χ0) is 19.9. The van der Waals surface area contributed by atoms with Crippen molar-refractivity contribution < 1.29 is 19.0 Å². The van der Waals surface area contributed by atoms with Crippen molar-refractivity contribution >= 4 is 17.5 Å². The molecule has 2 heterocycles. The third-order valence-corrected chi connectivity index (χ3v) is 5.03. The van der Waals surface area contributed by atoms with E-state index >= 15 is 0 Å². The molecule has 28 heavy (non-hydrogen) atoms. The van der Waals surface area contributed by atoms with Crippen LogP contribution in [-0.4, -0.2) is 60.6 Å². The lowest BCUT2D eigenvalue weighted by Crippen LogP contribution is -2.42. The fourth-order valence-corrected chi connectivity index (χ4v) is 3.34. The monoisotopic (exact) mass is 407 g/mol. The number of para-hydroxylation sites is 1. The fraction of sp³-hybridized carbons (Fsp3) is 0.500. The van der Waals surface area contributed by atoms with Gasteiger partial charge in [0.05, 0.1) is 43.5 Å². The summed E-state index contributed by atoms with van der Waals surface area (Å²) in [5, 5.41) is 5.18. The van der Waals surface area contributed by atoms with Crippen molar-refractivity contribution in [2.45, 2.75) is 18.9 Å². The maximum absolute atomic E-state index is 12.2. The number of amides is 1. The van der Waals surface area contributed by atoms with Gasteiger partial charge in [0.1, 0.15) is 11.9 Å². The van der Waals surface area contributed by atoms with E-state index in [9.17, 15) is 4.79 Å². The van der Waals surface area contributed by atoms with Gasteiger partial charge in [-0.1, -0.05) is 23.7 Å². The van der Waals surface area contributed by atoms with Crippen LogP contribution in [0.1, 0.15) is 23.9 Å². The van der Waals surface area contributed by atoms with Crippen molar-refractivity contribution in [1.29, 1.82) is 0 Å². The summed E-state index contributed by atoms with van der Waals surface area (Å²) >= 11 is 6.11. The molecular formula is C20H26ClN3O4. The van der Waals surface area contributed by atoms with E-state index in [0.717, 1.165) is 11.4 Å². The summed E-state index contributed by atoms with van der Waals surface area (Å²) in [6, 6.07) is 9.44. The van der Waals surface area contributed by atoms with E-state index in [0.29, 0.717) is 56.5 Å². The molecule has 1 saturated heterocycles. The Morgan fingerprint density at radius 1 is 1.36 bits per heavy atom. The molecular weight excluding hydrogens is 382 g/mol. The Hall–Kier alpha value is -2.09. The summed E-state index contributed by atoms with van der Waals surface area (Å²) in [6.07, 6.45) is 0.859. The quantitative estimate of drug-likeness (QED) is 0.673. The fourth-order valence-electron chi connectivity index (χ4n) is 3.15. The summed E-state index contributed by atoms with van der Waals surface area (Å²) in [5.74, 6) is 0.756. The molecule has 1 aromatic carbocycles. The van der Waals surface area contributed by atoms with Gasteiger partial charge in [-0.05, 0) is 18.2 Å². The van der Waals surface area contributed by atoms with E-state index in [-0.39, 0.29) is 12.0 Å². The van der Waals surface area contributed by atoms with Gasteiger partial charge < -0.3 is 19.1 Å². The molecule has 8 heteroatoms. The maximum atomic E-state index is 12.2. The van der Waals surface area contributed by atoms with Gasteiger partial charge in [-0.15, -0.1) is 0 Å². The van der Waals surface area contributed by atoms with Crippen molar-refractivity contribution in [2.75, 3.05) is 40.0 Å². The molecule has 152 valence electrons. The van der Waals surface area contributed by atoms with Crippen molar-refractivity contribution in [1.82, 2.24) is 14.7 Å². The Morgan fingerprint density at radius 2 is 2.18 bits per heavy atom. The zero-order valence-corrected chi connectivity index (χ0v) is 17.0. The topological polar surface area (TPSA) is 65.8 Å². The highest BCUT2D eigenvalue weighted by Gasteiger charge is 2.27. The molecule has 0 radical (unpaired) electrons. The van der Waals surface area contributed by atoms with Crippen LogP contribution in [0.15, 0.2) is 30.3 Å². The van der Waals surface area contributed by atoms with E-state index in [2.05, 4.69) is 5.10 Å². The second-order valence-electron chi connectivity index (χ2n) is 6.66. The van der Waals surface area contributed by atoms with Crippen molar-refractivity contribution in [3.8, 4) is 5.75 Å². The van der Waals surface area contributed by atoms with Crippen LogP contribution in [0.2, 0.25) is 5.02 Å². The van der Waals surface area contributed by atoms with Gasteiger partial charge in [-0.2, -0.15) is 5.10 Å². The third kappa shape index (κ3) is 5.25. The van der Waals surface area contributed by atoms with Gasteiger partial charge in [0, 0.05) is 32.8 Å². The van der Waals surface area contributed by atoms with Gasteiger partial charge in [0.25, 0.3) is 0 Å². The molecule has 1 atom stereocenters. The molecule has 0 unspecified atom stereocenters. The maximum Gasteiger partial charge on any atom is 0.225 e. The first-order valence-electron chi connectivity index (χ1n) is 9.37. The molecule has 0 bridgehead atoms. The third-order valence-electron chi connectivity index (χ3n) is 4.72. The van der Waals surface area contributed by atoms with Crippen molar-refractivity contribution in [3.63, 3.8) is 0 Å². The van der Waals surface area contributed by atoms with E-state index in [1.807, 2.05) is 40.9 Å². The van der Waals surface area contributed by atoms with Gasteiger partial charge in [0.2, 0.25) is 5.91 Å². The number of hydrogen-bond donors (Lipinski definition) is 0. The number of nitrogens with zero attached hydrogens (tertiary/aromatic N) is 3. The number of methoxy groups -OCH3 is 1. The van der Waals surface area contributed by atoms with Crippen LogP contribution in [0.25, 0.3) is 0 Å². The first-order valence-corrected chi connectivity index (χ1v) is 9.74. The minimum atomic E-state index is -0.218. The highest BCUT2D eigenvalue weighted by Crippen LogP contribution is 2.24. The van der Waals surface area contributed by atoms with Gasteiger partial charge >= 0.3 is 0 Å². The lowest BCUT2D eigenvalue weighted by atomic mass is 10.1. The standard InChI is InChI=1S/C20H26ClN3O4/c1-23-15(7-11-27-18-6-4-3-5-16(18)21)13-17(22-23)19-14-24(9-12-28-19)20(25)8-10-26-2/h3-6,13,19H,7-12,14H2,1-2H3/t19-/m0/s1. The van der Waals surface area contributed by atoms with Crippen LogP contribution in [-0.2, 0) is 27.7 Å². The minimum Gasteiger partial charge on any atom is -0.492 e. The predicted octanol–water partition coefficient (Wildman–Crippen LogP) is 2.63. The number of aromatic nitrogens is 2. The molecule has 1 amide bonds. The van der Waals surface area contributed by atoms with E-state index in [1.165, 1.54) is 0 Å². The largest absolute Gasteiger partial charge is 0.492 e. The number of benzene rings is 1. The summed E-state index contributed by atoms with van der Waals surface area (Å²) in [4.78, 5) is 14.1. The minimum absolute atomic E-state index is 0.0828. The summed E-state index contributed by atoms with van der Waals surface area (Å²) < 4.78 is 18.5. The smallest absolute Gasteiger partial charge is 0.225 e.